The summed E-state index contributed by atoms with van der Waals surface area (Å²) in [6.07, 6.45) is 6.11. The van der Waals surface area contributed by atoms with Gasteiger partial charge in [-0.2, -0.15) is 0 Å². The molecular formula is C50H35N3. The predicted molar refractivity (Wildman–Crippen MR) is 221 cm³/mol. The average molecular weight is 678 g/mol. The lowest BCUT2D eigenvalue weighted by molar-refractivity contribution is 0.355. The highest BCUT2D eigenvalue weighted by molar-refractivity contribution is 6.30. The molecule has 3 heteroatoms. The molecule has 250 valence electrons. The van der Waals surface area contributed by atoms with E-state index in [1.54, 1.807) is 0 Å². The van der Waals surface area contributed by atoms with E-state index in [9.17, 15) is 0 Å². The van der Waals surface area contributed by atoms with Gasteiger partial charge in [0.2, 0.25) is 5.95 Å². The van der Waals surface area contributed by atoms with Gasteiger partial charge in [0, 0.05) is 32.5 Å². The van der Waals surface area contributed by atoms with Gasteiger partial charge in [-0.3, -0.25) is 4.57 Å². The van der Waals surface area contributed by atoms with Crippen LogP contribution in [0, 0.1) is 0 Å². The number of hydrogen-bond acceptors (Lipinski definition) is 2. The number of fused-ring (bicyclic) bond motifs is 16. The van der Waals surface area contributed by atoms with Gasteiger partial charge >= 0.3 is 0 Å². The van der Waals surface area contributed by atoms with Gasteiger partial charge in [-0.25, -0.2) is 9.97 Å². The number of rotatable bonds is 2. The summed E-state index contributed by atoms with van der Waals surface area (Å²) < 4.78 is 2.41. The molecule has 2 aliphatic carbocycles. The summed E-state index contributed by atoms with van der Waals surface area (Å²) in [6, 6.07) is 55.7. The second-order valence-electron chi connectivity index (χ2n) is 15.2. The van der Waals surface area contributed by atoms with Gasteiger partial charge in [-0.1, -0.05) is 153 Å². The van der Waals surface area contributed by atoms with Gasteiger partial charge in [-0.05, 0) is 80.2 Å². The van der Waals surface area contributed by atoms with Crippen LogP contribution in [0.5, 0.6) is 0 Å². The highest BCUT2D eigenvalue weighted by Crippen LogP contribution is 2.61. The summed E-state index contributed by atoms with van der Waals surface area (Å²) in [5.74, 6) is 0.709. The van der Waals surface area contributed by atoms with Crippen LogP contribution in [0.4, 0.5) is 0 Å². The van der Waals surface area contributed by atoms with E-state index in [1.165, 1.54) is 103 Å². The summed E-state index contributed by atoms with van der Waals surface area (Å²) in [5, 5.41) is 11.3. The van der Waals surface area contributed by atoms with E-state index < -0.39 is 0 Å². The van der Waals surface area contributed by atoms with Crippen LogP contribution in [0.25, 0.3) is 93.4 Å². The summed E-state index contributed by atoms with van der Waals surface area (Å²) in [5.41, 5.74) is 11.2. The molecule has 0 unspecified atom stereocenters. The van der Waals surface area contributed by atoms with Crippen molar-refractivity contribution < 1.29 is 0 Å². The summed E-state index contributed by atoms with van der Waals surface area (Å²) in [6.45, 7) is 0. The van der Waals surface area contributed by atoms with Gasteiger partial charge in [-0.15, -0.1) is 0 Å². The maximum absolute atomic E-state index is 5.60. The Morgan fingerprint density at radius 2 is 1.19 bits per heavy atom. The van der Waals surface area contributed by atoms with Crippen molar-refractivity contribution in [2.24, 2.45) is 0 Å². The van der Waals surface area contributed by atoms with Crippen LogP contribution in [0.15, 0.2) is 152 Å². The van der Waals surface area contributed by atoms with E-state index in [0.29, 0.717) is 5.95 Å². The van der Waals surface area contributed by atoms with Crippen molar-refractivity contribution in [3.63, 3.8) is 0 Å². The van der Waals surface area contributed by atoms with Gasteiger partial charge < -0.3 is 0 Å². The molecule has 1 fully saturated rings. The van der Waals surface area contributed by atoms with Crippen LogP contribution < -0.4 is 0 Å². The van der Waals surface area contributed by atoms with Crippen LogP contribution >= 0.6 is 0 Å². The van der Waals surface area contributed by atoms with E-state index in [1.807, 2.05) is 0 Å². The Balaban J connectivity index is 1.30. The molecule has 0 aliphatic heterocycles. The lowest BCUT2D eigenvalue weighted by Crippen LogP contribution is -2.28. The minimum atomic E-state index is -0.0387. The van der Waals surface area contributed by atoms with E-state index in [2.05, 4.69) is 156 Å². The first kappa shape index (κ1) is 29.3. The largest absolute Gasteiger partial charge is 0.277 e. The molecule has 2 aliphatic rings. The molecule has 2 heterocycles. The smallest absolute Gasteiger partial charge is 0.235 e. The SMILES string of the molecule is c1ccc2c(c1)-c1c(c3c4c5ccccc5ccc4n(-c4nc(-c5ccc6ccccc6c5)c5ccccc5n4)c3c3ccccc13)C21CCCCC1. The molecule has 0 bridgehead atoms. The normalized spacial score (nSPS) is 14.9. The van der Waals surface area contributed by atoms with Crippen molar-refractivity contribution in [3.8, 4) is 28.3 Å². The summed E-state index contributed by atoms with van der Waals surface area (Å²) in [7, 11) is 0. The Morgan fingerprint density at radius 1 is 0.509 bits per heavy atom. The van der Waals surface area contributed by atoms with Gasteiger partial charge in [0.05, 0.1) is 22.2 Å². The first-order valence-electron chi connectivity index (χ1n) is 19.1. The van der Waals surface area contributed by atoms with Gasteiger partial charge in [0.25, 0.3) is 0 Å². The monoisotopic (exact) mass is 677 g/mol. The maximum Gasteiger partial charge on any atom is 0.235 e. The number of aromatic nitrogens is 3. The first-order valence-corrected chi connectivity index (χ1v) is 19.1. The molecule has 0 N–H and O–H groups in total. The molecule has 3 nitrogen and oxygen atoms in total. The molecule has 0 amide bonds. The second kappa shape index (κ2) is 10.8. The fraction of sp³-hybridized carbons (Fsp3) is 0.120. The lowest BCUT2D eigenvalue weighted by Gasteiger charge is -2.36. The van der Waals surface area contributed by atoms with Crippen LogP contribution in [-0.4, -0.2) is 14.5 Å². The number of para-hydroxylation sites is 1. The van der Waals surface area contributed by atoms with E-state index in [0.717, 1.165) is 27.7 Å². The Kier molecular flexibility index (Phi) is 5.99. The molecular weight excluding hydrogens is 643 g/mol. The molecule has 53 heavy (non-hydrogen) atoms. The minimum absolute atomic E-state index is 0.0387. The third-order valence-electron chi connectivity index (χ3n) is 12.5. The zero-order chi connectivity index (χ0) is 34.7. The van der Waals surface area contributed by atoms with Gasteiger partial charge in [0.1, 0.15) is 0 Å². The zero-order valence-corrected chi connectivity index (χ0v) is 29.3. The maximum atomic E-state index is 5.60. The fourth-order valence-electron chi connectivity index (χ4n) is 10.3. The number of hydrogen-bond donors (Lipinski definition) is 0. The summed E-state index contributed by atoms with van der Waals surface area (Å²) >= 11 is 0. The molecule has 0 radical (unpaired) electrons. The van der Waals surface area contributed by atoms with Crippen molar-refractivity contribution in [3.05, 3.63) is 163 Å². The standard InChI is InChI=1S/C50H35N3/c1-12-28-50(29-13-1)40-22-10-8-20-38(40)43-36-18-6-7-19-37(36)48-45(46(43)50)44-35-17-5-4-15-32(35)26-27-42(44)53(48)49-51-41-23-11-9-21-39(41)47(52-49)34-25-24-31-14-2-3-16-33(31)30-34/h2-11,14-27,30H,1,12-13,28-29H2. The molecule has 10 aromatic rings. The highest BCUT2D eigenvalue weighted by atomic mass is 15.2. The lowest BCUT2D eigenvalue weighted by atomic mass is 9.66. The molecule has 12 rings (SSSR count). The molecule has 2 aromatic heterocycles. The van der Waals surface area contributed by atoms with E-state index >= 15 is 0 Å². The number of benzene rings is 8. The third-order valence-corrected chi connectivity index (χ3v) is 12.5. The quantitative estimate of drug-likeness (QED) is 0.182. The third kappa shape index (κ3) is 3.94. The average Bonchev–Trinajstić information content (AvgIpc) is 3.71. The first-order chi connectivity index (χ1) is 26.3. The predicted octanol–water partition coefficient (Wildman–Crippen LogP) is 13.1. The van der Waals surface area contributed by atoms with Gasteiger partial charge in [0.15, 0.2) is 0 Å². The Labute approximate surface area is 307 Å². The summed E-state index contributed by atoms with van der Waals surface area (Å²) in [4.78, 5) is 11.0. The van der Waals surface area contributed by atoms with Crippen LogP contribution in [-0.2, 0) is 5.41 Å². The fourth-order valence-corrected chi connectivity index (χ4v) is 10.3. The van der Waals surface area contributed by atoms with E-state index in [4.69, 9.17) is 9.97 Å². The zero-order valence-electron chi connectivity index (χ0n) is 29.3. The van der Waals surface area contributed by atoms with Crippen molar-refractivity contribution in [1.29, 1.82) is 0 Å². The van der Waals surface area contributed by atoms with Crippen molar-refractivity contribution in [2.45, 2.75) is 37.5 Å². The highest BCUT2D eigenvalue weighted by Gasteiger charge is 2.46. The molecule has 8 aromatic carbocycles. The molecule has 1 spiro atoms. The van der Waals surface area contributed by atoms with Crippen LogP contribution in [0.3, 0.4) is 0 Å². The second-order valence-corrected chi connectivity index (χ2v) is 15.2. The van der Waals surface area contributed by atoms with Crippen molar-refractivity contribution in [2.75, 3.05) is 0 Å². The van der Waals surface area contributed by atoms with Crippen LogP contribution in [0.1, 0.15) is 43.2 Å². The van der Waals surface area contributed by atoms with Crippen molar-refractivity contribution >= 4 is 65.0 Å². The topological polar surface area (TPSA) is 30.7 Å². The van der Waals surface area contributed by atoms with Crippen molar-refractivity contribution in [1.82, 2.24) is 14.5 Å². The number of nitrogens with zero attached hydrogens (tertiary/aromatic N) is 3. The van der Waals surface area contributed by atoms with Crippen LogP contribution in [0.2, 0.25) is 0 Å². The Morgan fingerprint density at radius 3 is 2.06 bits per heavy atom. The minimum Gasteiger partial charge on any atom is -0.277 e. The molecule has 0 atom stereocenters. The Bertz CT molecular complexity index is 3160. The Hall–Kier alpha value is -6.32. The molecule has 0 saturated heterocycles. The molecule has 1 saturated carbocycles. The van der Waals surface area contributed by atoms with E-state index in [-0.39, 0.29) is 5.41 Å².